The first-order chi connectivity index (χ1) is 27.8. The van der Waals surface area contributed by atoms with Crippen molar-refractivity contribution in [1.82, 2.24) is 14.1 Å². The fourth-order valence-corrected chi connectivity index (χ4v) is 9.00. The van der Waals surface area contributed by atoms with E-state index in [1.165, 1.54) is 22.2 Å². The van der Waals surface area contributed by atoms with Crippen molar-refractivity contribution in [3.05, 3.63) is 210 Å². The SMILES string of the molecule is CC(C)(C)c1ccc(-n2[c](=[Pt])n(-c3[c-]c(B(c4[c-]c(-c5ccccn5)ccc4)c4c(-c5ccccc5)cccc4-c4ccccc4)ccc3)c3ccccc32)cc1. The van der Waals surface area contributed by atoms with Gasteiger partial charge in [-0.2, -0.15) is 0 Å². The molecule has 7 aromatic carbocycles. The van der Waals surface area contributed by atoms with Gasteiger partial charge in [-0.1, -0.05) is 0 Å². The topological polar surface area (TPSA) is 22.8 Å². The third-order valence-electron chi connectivity index (χ3n) is 10.7. The van der Waals surface area contributed by atoms with Crippen molar-refractivity contribution in [3.8, 4) is 44.9 Å². The molecule has 0 unspecified atom stereocenters. The zero-order chi connectivity index (χ0) is 38.9. The number of hydrogen-bond donors (Lipinski definition) is 0. The molecule has 0 saturated heterocycles. The Morgan fingerprint density at radius 1 is 0.526 bits per heavy atom. The fourth-order valence-electron chi connectivity index (χ4n) is 7.89. The first-order valence-corrected chi connectivity index (χ1v) is 20.5. The van der Waals surface area contributed by atoms with Crippen molar-refractivity contribution in [1.29, 1.82) is 0 Å². The van der Waals surface area contributed by atoms with Gasteiger partial charge in [-0.05, 0) is 6.07 Å². The summed E-state index contributed by atoms with van der Waals surface area (Å²) >= 11 is 2.49. The van der Waals surface area contributed by atoms with Gasteiger partial charge in [-0.15, -0.1) is 0 Å². The summed E-state index contributed by atoms with van der Waals surface area (Å²) in [5, 5.41) is 0. The van der Waals surface area contributed by atoms with Gasteiger partial charge in [0.1, 0.15) is 0 Å². The van der Waals surface area contributed by atoms with E-state index in [0.29, 0.717) is 0 Å². The van der Waals surface area contributed by atoms with E-state index in [2.05, 4.69) is 231 Å². The number of fused-ring (bicyclic) bond motifs is 1. The van der Waals surface area contributed by atoms with Crippen LogP contribution in [0.5, 0.6) is 0 Å². The van der Waals surface area contributed by atoms with Crippen molar-refractivity contribution >= 4 is 34.1 Å². The summed E-state index contributed by atoms with van der Waals surface area (Å²) in [4.78, 5) is 4.72. The molecule has 278 valence electrons. The first-order valence-electron chi connectivity index (χ1n) is 19.3. The second-order valence-electron chi connectivity index (χ2n) is 15.4. The molecule has 0 aliphatic rings. The van der Waals surface area contributed by atoms with Gasteiger partial charge in [0, 0.05) is 0 Å². The maximum atomic E-state index is 4.72. The van der Waals surface area contributed by atoms with Crippen LogP contribution in [-0.4, -0.2) is 20.8 Å². The van der Waals surface area contributed by atoms with Gasteiger partial charge >= 0.3 is 342 Å². The molecule has 0 fully saturated rings. The second-order valence-corrected chi connectivity index (χ2v) is 16.4. The normalized spacial score (nSPS) is 11.5. The van der Waals surface area contributed by atoms with Crippen LogP contribution in [0.3, 0.4) is 0 Å². The zero-order valence-electron chi connectivity index (χ0n) is 32.1. The quantitative estimate of drug-likeness (QED) is 0.110. The van der Waals surface area contributed by atoms with E-state index < -0.39 is 0 Å². The average molecular weight is 913 g/mol. The van der Waals surface area contributed by atoms with E-state index in [9.17, 15) is 0 Å². The summed E-state index contributed by atoms with van der Waals surface area (Å²) in [5.74, 6) is 0. The van der Waals surface area contributed by atoms with Crippen LogP contribution >= 0.6 is 0 Å². The number of nitrogens with zero attached hydrogens (tertiary/aromatic N) is 3. The summed E-state index contributed by atoms with van der Waals surface area (Å²) in [5.41, 5.74) is 15.6. The number of rotatable bonds is 8. The predicted octanol–water partition coefficient (Wildman–Crippen LogP) is 10.3. The van der Waals surface area contributed by atoms with E-state index in [1.54, 1.807) is 0 Å². The van der Waals surface area contributed by atoms with Crippen LogP contribution in [0, 0.1) is 15.9 Å². The van der Waals surface area contributed by atoms with Crippen LogP contribution in [0.2, 0.25) is 0 Å². The third kappa shape index (κ3) is 7.11. The summed E-state index contributed by atoms with van der Waals surface area (Å²) in [6, 6.07) is 72.8. The van der Waals surface area contributed by atoms with Gasteiger partial charge in [0.25, 0.3) is 0 Å². The van der Waals surface area contributed by atoms with E-state index >= 15 is 0 Å². The molecule has 0 amide bonds. The fraction of sp³-hybridized carbons (Fsp3) is 0.0769. The van der Waals surface area contributed by atoms with E-state index in [0.717, 1.165) is 59.5 Å². The third-order valence-corrected chi connectivity index (χ3v) is 11.7. The van der Waals surface area contributed by atoms with Crippen molar-refractivity contribution in [2.24, 2.45) is 0 Å². The van der Waals surface area contributed by atoms with Gasteiger partial charge in [0.2, 0.25) is 0 Å². The molecule has 0 N–H and O–H groups in total. The Kier molecular flexibility index (Phi) is 9.91. The number of pyridine rings is 1. The number of aromatic nitrogens is 3. The molecule has 3 nitrogen and oxygen atoms in total. The summed E-state index contributed by atoms with van der Waals surface area (Å²) in [7, 11) is 0. The van der Waals surface area contributed by atoms with E-state index in [4.69, 9.17) is 4.98 Å². The Labute approximate surface area is 346 Å². The average Bonchev–Trinajstić information content (AvgIpc) is 3.56. The standard InChI is InChI=1S/C52H40BN3.Pt/c1-52(2,3)41-30-32-44(33-31-41)55-37-56(50-29-11-10-28-49(50)55)45-24-15-23-43(36-45)53(42-22-14-21-40(35-42)48-27-12-13-34-54-48)51-46(38-17-6-4-7-18-38)25-16-26-47(51)39-19-8-5-9-20-39;/h4-34H,1-3H3;/q-2;. The van der Waals surface area contributed by atoms with Crippen molar-refractivity contribution in [2.75, 3.05) is 0 Å². The molecule has 0 spiro atoms. The molecular formula is C52H40BN3Pt-2. The summed E-state index contributed by atoms with van der Waals surface area (Å²) < 4.78 is 5.76. The van der Waals surface area contributed by atoms with Gasteiger partial charge < -0.3 is 0 Å². The van der Waals surface area contributed by atoms with Crippen LogP contribution in [0.15, 0.2) is 188 Å². The van der Waals surface area contributed by atoms with Gasteiger partial charge in [0.15, 0.2) is 0 Å². The first kappa shape index (κ1) is 36.5. The molecule has 0 saturated carbocycles. The minimum atomic E-state index is -0.225. The Hall–Kier alpha value is -6.09. The second kappa shape index (κ2) is 15.5. The van der Waals surface area contributed by atoms with E-state index in [-0.39, 0.29) is 12.1 Å². The molecule has 0 aliphatic carbocycles. The summed E-state index contributed by atoms with van der Waals surface area (Å²) in [6.07, 6.45) is 1.84. The Bertz CT molecular complexity index is 2830. The van der Waals surface area contributed by atoms with Crippen molar-refractivity contribution in [3.63, 3.8) is 0 Å². The maximum absolute atomic E-state index is 4.72. The van der Waals surface area contributed by atoms with Gasteiger partial charge in [0.05, 0.1) is 0 Å². The molecular weight excluding hydrogens is 872 g/mol. The Morgan fingerprint density at radius 2 is 1.09 bits per heavy atom. The van der Waals surface area contributed by atoms with Crippen molar-refractivity contribution in [2.45, 2.75) is 26.2 Å². The Morgan fingerprint density at radius 3 is 1.70 bits per heavy atom. The van der Waals surface area contributed by atoms with Crippen LogP contribution in [-0.2, 0) is 24.8 Å². The molecule has 5 heteroatoms. The number of hydrogen-bond acceptors (Lipinski definition) is 1. The van der Waals surface area contributed by atoms with Crippen LogP contribution in [0.25, 0.3) is 55.9 Å². The molecule has 9 aromatic rings. The molecule has 2 aromatic heterocycles. The molecule has 9 rings (SSSR count). The van der Waals surface area contributed by atoms with Crippen molar-refractivity contribution < 1.29 is 19.4 Å². The predicted molar refractivity (Wildman–Crippen MR) is 234 cm³/mol. The molecule has 57 heavy (non-hydrogen) atoms. The summed E-state index contributed by atoms with van der Waals surface area (Å²) in [6.45, 7) is 6.55. The Balaban J connectivity index is 1.29. The molecule has 0 aliphatic heterocycles. The minimum absolute atomic E-state index is 0.0739. The van der Waals surface area contributed by atoms with Crippen LogP contribution in [0.1, 0.15) is 26.3 Å². The molecule has 0 radical (unpaired) electrons. The van der Waals surface area contributed by atoms with Crippen LogP contribution < -0.4 is 16.4 Å². The molecule has 0 atom stereocenters. The van der Waals surface area contributed by atoms with Gasteiger partial charge in [-0.25, -0.2) is 0 Å². The van der Waals surface area contributed by atoms with Crippen LogP contribution in [0.4, 0.5) is 0 Å². The number of imidazole rings is 1. The number of para-hydroxylation sites is 2. The monoisotopic (exact) mass is 912 g/mol. The van der Waals surface area contributed by atoms with E-state index in [1.807, 2.05) is 18.3 Å². The number of benzene rings is 7. The molecule has 2 heterocycles. The zero-order valence-corrected chi connectivity index (χ0v) is 34.4. The molecule has 0 bridgehead atoms. The van der Waals surface area contributed by atoms with Gasteiger partial charge in [-0.3, -0.25) is 0 Å².